The molecule has 1 saturated heterocycles. The summed E-state index contributed by atoms with van der Waals surface area (Å²) in [5, 5.41) is 15.2. The number of likely N-dealkylation sites (tertiary alicyclic amines) is 1. The minimum Gasteiger partial charge on any atom is -0.396 e. The van der Waals surface area contributed by atoms with Gasteiger partial charge in [-0.2, -0.15) is 5.10 Å². The third-order valence-electron chi connectivity index (χ3n) is 4.32. The molecule has 108 valence electrons. The van der Waals surface area contributed by atoms with Crippen LogP contribution in [0.3, 0.4) is 0 Å². The molecular formula is C16H23N3O. The largest absolute Gasteiger partial charge is 0.396 e. The molecule has 0 amide bonds. The molecule has 4 heteroatoms. The van der Waals surface area contributed by atoms with Crippen LogP contribution in [-0.2, 0) is 6.54 Å². The lowest BCUT2D eigenvalue weighted by Gasteiger charge is -2.28. The Kier molecular flexibility index (Phi) is 4.03. The van der Waals surface area contributed by atoms with E-state index in [0.29, 0.717) is 5.92 Å². The zero-order valence-corrected chi connectivity index (χ0v) is 12.1. The van der Waals surface area contributed by atoms with E-state index in [2.05, 4.69) is 40.9 Å². The Balaban J connectivity index is 1.94. The molecule has 0 saturated carbocycles. The van der Waals surface area contributed by atoms with Gasteiger partial charge in [-0.1, -0.05) is 18.2 Å². The molecule has 1 aromatic carbocycles. The van der Waals surface area contributed by atoms with Crippen molar-refractivity contribution in [1.29, 1.82) is 0 Å². The molecule has 1 N–H and O–H groups in total. The van der Waals surface area contributed by atoms with Gasteiger partial charge in [-0.25, -0.2) is 0 Å². The summed E-state index contributed by atoms with van der Waals surface area (Å²) in [7, 11) is 2.19. The first-order chi connectivity index (χ1) is 9.79. The van der Waals surface area contributed by atoms with E-state index in [1.165, 1.54) is 29.4 Å². The average molecular weight is 273 g/mol. The quantitative estimate of drug-likeness (QED) is 0.928. The van der Waals surface area contributed by atoms with Crippen LogP contribution in [-0.4, -0.2) is 46.5 Å². The van der Waals surface area contributed by atoms with Crippen LogP contribution in [0.25, 0.3) is 10.9 Å². The Morgan fingerprint density at radius 3 is 2.75 bits per heavy atom. The van der Waals surface area contributed by atoms with Crippen LogP contribution in [0.1, 0.15) is 30.9 Å². The Morgan fingerprint density at radius 1 is 1.25 bits per heavy atom. The summed E-state index contributed by atoms with van der Waals surface area (Å²) in [5.41, 5.74) is 2.46. The maximum absolute atomic E-state index is 9.04. The van der Waals surface area contributed by atoms with Crippen LogP contribution in [0.5, 0.6) is 0 Å². The fourth-order valence-electron chi connectivity index (χ4n) is 3.13. The summed E-state index contributed by atoms with van der Waals surface area (Å²) in [6.07, 6.45) is 3.15. The highest BCUT2D eigenvalue weighted by molar-refractivity contribution is 5.82. The molecule has 0 atom stereocenters. The van der Waals surface area contributed by atoms with Gasteiger partial charge in [0.1, 0.15) is 0 Å². The number of fused-ring (bicyclic) bond motifs is 1. The van der Waals surface area contributed by atoms with Gasteiger partial charge in [0.05, 0.1) is 11.2 Å². The topological polar surface area (TPSA) is 41.3 Å². The van der Waals surface area contributed by atoms with Crippen LogP contribution in [0, 0.1) is 0 Å². The van der Waals surface area contributed by atoms with Crippen molar-refractivity contribution in [3.8, 4) is 0 Å². The summed E-state index contributed by atoms with van der Waals surface area (Å²) < 4.78 is 2.07. The van der Waals surface area contributed by atoms with Gasteiger partial charge >= 0.3 is 0 Å². The van der Waals surface area contributed by atoms with Crippen molar-refractivity contribution in [2.24, 2.45) is 0 Å². The molecule has 20 heavy (non-hydrogen) atoms. The second kappa shape index (κ2) is 5.94. The van der Waals surface area contributed by atoms with Crippen molar-refractivity contribution >= 4 is 10.9 Å². The highest BCUT2D eigenvalue weighted by Crippen LogP contribution is 2.32. The molecular weight excluding hydrogens is 250 g/mol. The SMILES string of the molecule is CN1CCC(c2nn(CCCO)c3ccccc23)CC1. The number of aryl methyl sites for hydroxylation is 1. The Labute approximate surface area is 120 Å². The van der Waals surface area contributed by atoms with Gasteiger partial charge in [0.2, 0.25) is 0 Å². The predicted molar refractivity (Wildman–Crippen MR) is 80.9 cm³/mol. The number of aliphatic hydroxyl groups is 1. The molecule has 1 fully saturated rings. The second-order valence-electron chi connectivity index (χ2n) is 5.78. The number of piperidine rings is 1. The summed E-state index contributed by atoms with van der Waals surface area (Å²) in [5.74, 6) is 0.575. The van der Waals surface area contributed by atoms with Crippen LogP contribution < -0.4 is 0 Å². The molecule has 0 spiro atoms. The normalized spacial score (nSPS) is 17.9. The first-order valence-corrected chi connectivity index (χ1v) is 7.54. The summed E-state index contributed by atoms with van der Waals surface area (Å²) in [6, 6.07) is 8.49. The van der Waals surface area contributed by atoms with Crippen molar-refractivity contribution in [3.05, 3.63) is 30.0 Å². The number of aromatic nitrogens is 2. The molecule has 4 nitrogen and oxygen atoms in total. The maximum Gasteiger partial charge on any atom is 0.0735 e. The van der Waals surface area contributed by atoms with Crippen molar-refractivity contribution < 1.29 is 5.11 Å². The number of para-hydroxylation sites is 1. The van der Waals surface area contributed by atoms with E-state index >= 15 is 0 Å². The molecule has 1 aromatic heterocycles. The standard InChI is InChI=1S/C16H23N3O/c1-18-10-7-13(8-11-18)16-14-5-2-3-6-15(14)19(17-16)9-4-12-20/h2-3,5-6,13,20H,4,7-12H2,1H3. The summed E-state index contributed by atoms with van der Waals surface area (Å²) in [4.78, 5) is 2.39. The van der Waals surface area contributed by atoms with Crippen molar-refractivity contribution in [2.45, 2.75) is 31.7 Å². The minimum atomic E-state index is 0.220. The maximum atomic E-state index is 9.04. The number of hydrogen-bond donors (Lipinski definition) is 1. The van der Waals surface area contributed by atoms with E-state index in [1.807, 2.05) is 0 Å². The minimum absolute atomic E-state index is 0.220. The number of aliphatic hydroxyl groups excluding tert-OH is 1. The zero-order chi connectivity index (χ0) is 13.9. The molecule has 1 aliphatic heterocycles. The van der Waals surface area contributed by atoms with Gasteiger partial charge < -0.3 is 10.0 Å². The van der Waals surface area contributed by atoms with Gasteiger partial charge in [-0.05, 0) is 45.5 Å². The van der Waals surface area contributed by atoms with Crippen molar-refractivity contribution in [3.63, 3.8) is 0 Å². The van der Waals surface area contributed by atoms with E-state index in [-0.39, 0.29) is 6.61 Å². The monoisotopic (exact) mass is 273 g/mol. The third-order valence-corrected chi connectivity index (χ3v) is 4.32. The van der Waals surface area contributed by atoms with Gasteiger partial charge in [-0.3, -0.25) is 4.68 Å². The van der Waals surface area contributed by atoms with E-state index in [9.17, 15) is 0 Å². The Hall–Kier alpha value is -1.39. The van der Waals surface area contributed by atoms with Crippen LogP contribution in [0.15, 0.2) is 24.3 Å². The Morgan fingerprint density at radius 2 is 2.00 bits per heavy atom. The molecule has 1 aliphatic rings. The lowest BCUT2D eigenvalue weighted by molar-refractivity contribution is 0.252. The molecule has 0 unspecified atom stereocenters. The zero-order valence-electron chi connectivity index (χ0n) is 12.1. The predicted octanol–water partition coefficient (Wildman–Crippen LogP) is 2.23. The van der Waals surface area contributed by atoms with Crippen molar-refractivity contribution in [1.82, 2.24) is 14.7 Å². The number of hydrogen-bond acceptors (Lipinski definition) is 3. The lowest BCUT2D eigenvalue weighted by Crippen LogP contribution is -2.29. The van der Waals surface area contributed by atoms with Crippen molar-refractivity contribution in [2.75, 3.05) is 26.7 Å². The molecule has 0 aliphatic carbocycles. The first kappa shape index (κ1) is 13.6. The van der Waals surface area contributed by atoms with Gasteiger partial charge in [0.25, 0.3) is 0 Å². The highest BCUT2D eigenvalue weighted by atomic mass is 16.3. The van der Waals surface area contributed by atoms with E-state index in [4.69, 9.17) is 10.2 Å². The highest BCUT2D eigenvalue weighted by Gasteiger charge is 2.23. The fourth-order valence-corrected chi connectivity index (χ4v) is 3.13. The van der Waals surface area contributed by atoms with Gasteiger partial charge in [0.15, 0.2) is 0 Å². The number of benzene rings is 1. The average Bonchev–Trinajstić information content (AvgIpc) is 2.85. The molecule has 0 bridgehead atoms. The number of nitrogens with zero attached hydrogens (tertiary/aromatic N) is 3. The lowest BCUT2D eigenvalue weighted by atomic mass is 9.92. The van der Waals surface area contributed by atoms with Gasteiger partial charge in [0, 0.05) is 24.5 Å². The fraction of sp³-hybridized carbons (Fsp3) is 0.562. The molecule has 0 radical (unpaired) electrons. The molecule has 2 heterocycles. The smallest absolute Gasteiger partial charge is 0.0735 e. The summed E-state index contributed by atoms with van der Waals surface area (Å²) >= 11 is 0. The van der Waals surface area contributed by atoms with E-state index in [0.717, 1.165) is 26.1 Å². The van der Waals surface area contributed by atoms with Crippen LogP contribution in [0.2, 0.25) is 0 Å². The summed E-state index contributed by atoms with van der Waals surface area (Å²) in [6.45, 7) is 3.33. The van der Waals surface area contributed by atoms with Gasteiger partial charge in [-0.15, -0.1) is 0 Å². The van der Waals surface area contributed by atoms with Crippen LogP contribution in [0.4, 0.5) is 0 Å². The second-order valence-corrected chi connectivity index (χ2v) is 5.78. The molecule has 3 rings (SSSR count). The third kappa shape index (κ3) is 2.58. The van der Waals surface area contributed by atoms with Crippen LogP contribution >= 0.6 is 0 Å². The van der Waals surface area contributed by atoms with E-state index < -0.39 is 0 Å². The number of rotatable bonds is 4. The first-order valence-electron chi connectivity index (χ1n) is 7.54. The Bertz CT molecular complexity index is 570. The molecule has 2 aromatic rings. The van der Waals surface area contributed by atoms with E-state index in [1.54, 1.807) is 0 Å².